The van der Waals surface area contributed by atoms with E-state index in [1.54, 1.807) is 41.7 Å². The van der Waals surface area contributed by atoms with E-state index >= 15 is 0 Å². The van der Waals surface area contributed by atoms with Crippen LogP contribution in [0, 0.1) is 13.8 Å². The van der Waals surface area contributed by atoms with Crippen LogP contribution in [-0.4, -0.2) is 36.4 Å². The van der Waals surface area contributed by atoms with Crippen molar-refractivity contribution in [3.8, 4) is 27.3 Å². The van der Waals surface area contributed by atoms with Gasteiger partial charge < -0.3 is 14.4 Å². The predicted octanol–water partition coefficient (Wildman–Crippen LogP) is 11.5. The van der Waals surface area contributed by atoms with Gasteiger partial charge >= 0.3 is 22.1 Å². The lowest BCUT2D eigenvalue weighted by atomic mass is 9.90. The number of aryl methyl sites for hydroxylation is 4. The van der Waals surface area contributed by atoms with E-state index in [4.69, 9.17) is 4.18 Å². The number of carbonyl (C=O) groups excluding carboxylic acids is 1. The van der Waals surface area contributed by atoms with E-state index in [1.165, 1.54) is 28.0 Å². The third kappa shape index (κ3) is 6.95. The van der Waals surface area contributed by atoms with Gasteiger partial charge in [-0.25, -0.2) is 9.59 Å². The first kappa shape index (κ1) is 39.1. The number of hydrogen-bond donors (Lipinski definition) is 2. The Hall–Kier alpha value is -5.14. The molecular formula is C44H35BrO8S3. The molecule has 0 atom stereocenters. The van der Waals surface area contributed by atoms with Gasteiger partial charge in [-0.05, 0) is 117 Å². The molecule has 0 saturated heterocycles. The number of benzene rings is 5. The molecule has 0 fully saturated rings. The van der Waals surface area contributed by atoms with E-state index < -0.39 is 32.5 Å². The molecule has 0 unspecified atom stereocenters. The van der Waals surface area contributed by atoms with Crippen molar-refractivity contribution in [1.82, 2.24) is 0 Å². The largest absolute Gasteiger partial charge is 0.478 e. The SMILES string of the molecule is CCc1cc(-c2c3ccccc3c(Br)c3sc(C)c(C)c23)cc(CC)c1OS(=O)(=O)c1ccc(-c2scc(C(=O)O)c2CC(=O)c2ccccc2)cc1C(=O)O. The molecule has 12 heteroatoms. The third-order valence-electron chi connectivity index (χ3n) is 10.1. The molecule has 8 nitrogen and oxygen atoms in total. The van der Waals surface area contributed by atoms with Crippen LogP contribution in [0.2, 0.25) is 0 Å². The van der Waals surface area contributed by atoms with Crippen molar-refractivity contribution in [2.75, 3.05) is 0 Å². The number of Topliss-reactive ketones (excluding diaryl/α,β-unsaturated/α-hetero) is 1. The lowest BCUT2D eigenvalue weighted by Gasteiger charge is -2.19. The second-order valence-corrected chi connectivity index (χ2v) is 17.7. The zero-order valence-electron chi connectivity index (χ0n) is 30.7. The summed E-state index contributed by atoms with van der Waals surface area (Å²) in [5.74, 6) is -2.92. The summed E-state index contributed by atoms with van der Waals surface area (Å²) in [4.78, 5) is 39.1. The van der Waals surface area contributed by atoms with E-state index in [1.807, 2.05) is 38.1 Å². The lowest BCUT2D eigenvalue weighted by molar-refractivity contribution is 0.0683. The Balaban J connectivity index is 1.31. The van der Waals surface area contributed by atoms with Crippen molar-refractivity contribution in [3.63, 3.8) is 0 Å². The Labute approximate surface area is 340 Å². The number of rotatable bonds is 12. The summed E-state index contributed by atoms with van der Waals surface area (Å²) in [6.07, 6.45) is 0.619. The van der Waals surface area contributed by atoms with E-state index in [0.29, 0.717) is 34.4 Å². The summed E-state index contributed by atoms with van der Waals surface area (Å²) >= 11 is 6.63. The molecule has 56 heavy (non-hydrogen) atoms. The number of aromatic carboxylic acids is 2. The summed E-state index contributed by atoms with van der Waals surface area (Å²) in [5.41, 5.74) is 4.67. The van der Waals surface area contributed by atoms with Gasteiger partial charge in [0.2, 0.25) is 0 Å². The van der Waals surface area contributed by atoms with Crippen LogP contribution in [0.1, 0.15) is 72.1 Å². The van der Waals surface area contributed by atoms with E-state index in [-0.39, 0.29) is 34.6 Å². The van der Waals surface area contributed by atoms with Crippen LogP contribution in [0.15, 0.2) is 99.7 Å². The highest BCUT2D eigenvalue weighted by molar-refractivity contribution is 9.11. The Morgan fingerprint density at radius 3 is 2.04 bits per heavy atom. The molecule has 7 aromatic rings. The van der Waals surface area contributed by atoms with Crippen molar-refractivity contribution in [1.29, 1.82) is 0 Å². The molecule has 0 aliphatic heterocycles. The fraction of sp³-hybridized carbons (Fsp3) is 0.159. The highest BCUT2D eigenvalue weighted by Gasteiger charge is 2.30. The summed E-state index contributed by atoms with van der Waals surface area (Å²) in [5, 5.41) is 24.9. The van der Waals surface area contributed by atoms with Crippen molar-refractivity contribution in [2.24, 2.45) is 0 Å². The van der Waals surface area contributed by atoms with Crippen LogP contribution in [0.25, 0.3) is 42.4 Å². The molecule has 2 heterocycles. The first-order valence-corrected chi connectivity index (χ1v) is 21.7. The monoisotopic (exact) mass is 866 g/mol. The van der Waals surface area contributed by atoms with Gasteiger partial charge in [0.25, 0.3) is 0 Å². The average molecular weight is 868 g/mol. The average Bonchev–Trinajstić information content (AvgIpc) is 3.75. The molecule has 0 radical (unpaired) electrons. The van der Waals surface area contributed by atoms with Crippen molar-refractivity contribution in [2.45, 2.75) is 51.9 Å². The van der Waals surface area contributed by atoms with Crippen LogP contribution >= 0.6 is 38.6 Å². The van der Waals surface area contributed by atoms with Crippen LogP contribution in [-0.2, 0) is 29.4 Å². The number of carboxylic acid groups (broad SMARTS) is 2. The van der Waals surface area contributed by atoms with Crippen LogP contribution in [0.4, 0.5) is 0 Å². The Morgan fingerprint density at radius 1 is 0.786 bits per heavy atom. The number of carboxylic acids is 2. The minimum absolute atomic E-state index is 0.0880. The molecule has 0 aliphatic rings. The van der Waals surface area contributed by atoms with Crippen molar-refractivity contribution >= 4 is 87.3 Å². The second-order valence-electron chi connectivity index (χ2n) is 13.3. The molecule has 284 valence electrons. The Bertz CT molecular complexity index is 2830. The first-order chi connectivity index (χ1) is 26.7. The third-order valence-corrected chi connectivity index (χ3v) is 14.7. The maximum Gasteiger partial charge on any atom is 0.340 e. The van der Waals surface area contributed by atoms with Crippen molar-refractivity contribution in [3.05, 3.63) is 139 Å². The molecule has 0 amide bonds. The molecule has 7 rings (SSSR count). The first-order valence-electron chi connectivity index (χ1n) is 17.8. The van der Waals surface area contributed by atoms with Gasteiger partial charge in [0.15, 0.2) is 5.78 Å². The topological polar surface area (TPSA) is 135 Å². The standard InChI is InChI=1S/C44H35BrO8S3/c1-5-25-18-29(38-30-14-10-11-15-31(30)39(45)42-37(38)23(3)24(4)55-42)19-26(6-2)40(25)53-56(51,52)36-17-16-28(20-33(36)43(47)48)41-32(34(22-54-41)44(49)50)21-35(46)27-12-8-7-9-13-27/h7-20,22H,5-6,21H2,1-4H3,(H,47,48)(H,49,50). The number of ketones is 1. The van der Waals surface area contributed by atoms with Gasteiger partial charge in [-0.3, -0.25) is 4.79 Å². The number of thiophene rings is 2. The Kier molecular flexibility index (Phi) is 10.8. The van der Waals surface area contributed by atoms with Gasteiger partial charge in [-0.1, -0.05) is 74.5 Å². The van der Waals surface area contributed by atoms with Gasteiger partial charge in [-0.2, -0.15) is 8.42 Å². The van der Waals surface area contributed by atoms with Gasteiger partial charge in [0, 0.05) is 37.0 Å². The molecule has 0 bridgehead atoms. The van der Waals surface area contributed by atoms with E-state index in [0.717, 1.165) is 53.9 Å². The van der Waals surface area contributed by atoms with Crippen molar-refractivity contribution < 1.29 is 37.2 Å². The number of fused-ring (bicyclic) bond motifs is 2. The highest BCUT2D eigenvalue weighted by Crippen LogP contribution is 2.48. The summed E-state index contributed by atoms with van der Waals surface area (Å²) < 4.78 is 36.4. The number of hydrogen-bond acceptors (Lipinski definition) is 8. The maximum absolute atomic E-state index is 14.2. The number of halogens is 1. The minimum atomic E-state index is -4.71. The molecule has 2 N–H and O–H groups in total. The van der Waals surface area contributed by atoms with E-state index in [2.05, 4.69) is 41.9 Å². The van der Waals surface area contributed by atoms with Gasteiger partial charge in [-0.15, -0.1) is 22.7 Å². The van der Waals surface area contributed by atoms with Gasteiger partial charge in [0.05, 0.1) is 15.8 Å². The molecule has 0 aliphatic carbocycles. The van der Waals surface area contributed by atoms with Crippen LogP contribution in [0.5, 0.6) is 5.75 Å². The number of carbonyl (C=O) groups is 3. The zero-order chi connectivity index (χ0) is 40.1. The smallest absolute Gasteiger partial charge is 0.340 e. The minimum Gasteiger partial charge on any atom is -0.478 e. The molecule has 2 aromatic heterocycles. The van der Waals surface area contributed by atoms with Gasteiger partial charge in [0.1, 0.15) is 10.6 Å². The summed E-state index contributed by atoms with van der Waals surface area (Å²) in [7, 11) is -4.71. The molecule has 0 saturated carbocycles. The van der Waals surface area contributed by atoms with E-state index in [9.17, 15) is 33.0 Å². The quantitative estimate of drug-likeness (QED) is 0.0915. The zero-order valence-corrected chi connectivity index (χ0v) is 34.8. The second kappa shape index (κ2) is 15.4. The normalized spacial score (nSPS) is 11.7. The fourth-order valence-corrected chi connectivity index (χ4v) is 11.3. The lowest BCUT2D eigenvalue weighted by Crippen LogP contribution is -2.16. The highest BCUT2D eigenvalue weighted by atomic mass is 79.9. The molecule has 0 spiro atoms. The van der Waals surface area contributed by atoms with Crippen LogP contribution in [0.3, 0.4) is 0 Å². The maximum atomic E-state index is 14.2. The summed E-state index contributed by atoms with van der Waals surface area (Å²) in [6, 6.07) is 24.3. The molecule has 5 aromatic carbocycles. The Morgan fingerprint density at radius 2 is 1.41 bits per heavy atom. The molecular weight excluding hydrogens is 833 g/mol. The fourth-order valence-electron chi connectivity index (χ4n) is 7.14. The predicted molar refractivity (Wildman–Crippen MR) is 227 cm³/mol. The van der Waals surface area contributed by atoms with Crippen LogP contribution < -0.4 is 4.18 Å². The summed E-state index contributed by atoms with van der Waals surface area (Å²) in [6.45, 7) is 8.05.